The van der Waals surface area contributed by atoms with Crippen LogP contribution in [0.5, 0.6) is 0 Å². The zero-order valence-electron chi connectivity index (χ0n) is 11.7. The van der Waals surface area contributed by atoms with E-state index in [-0.39, 0.29) is 0 Å². The molecule has 22 heavy (non-hydrogen) atoms. The molecule has 0 fully saturated rings. The van der Waals surface area contributed by atoms with E-state index in [0.717, 1.165) is 16.7 Å². The van der Waals surface area contributed by atoms with Crippen LogP contribution in [0.1, 0.15) is 15.9 Å². The summed E-state index contributed by atoms with van der Waals surface area (Å²) in [5.41, 5.74) is 3.32. The Labute approximate surface area is 127 Å². The summed E-state index contributed by atoms with van der Waals surface area (Å²) >= 11 is 0. The molecule has 4 heteroatoms. The third kappa shape index (κ3) is 3.30. The summed E-state index contributed by atoms with van der Waals surface area (Å²) < 4.78 is 4.88. The SMILES string of the molecule is O=C(O/N=C/c1ccoc1)c1ccc(-c2ccccc2)cc1. The second-order valence-electron chi connectivity index (χ2n) is 4.61. The van der Waals surface area contributed by atoms with Gasteiger partial charge in [0.2, 0.25) is 0 Å². The number of hydrogen-bond donors (Lipinski definition) is 0. The van der Waals surface area contributed by atoms with Crippen molar-refractivity contribution in [1.29, 1.82) is 0 Å². The van der Waals surface area contributed by atoms with Gasteiger partial charge in [-0.1, -0.05) is 47.6 Å². The average molecular weight is 291 g/mol. The van der Waals surface area contributed by atoms with Crippen LogP contribution >= 0.6 is 0 Å². The van der Waals surface area contributed by atoms with Crippen LogP contribution < -0.4 is 0 Å². The Morgan fingerprint density at radius 1 is 0.955 bits per heavy atom. The highest BCUT2D eigenvalue weighted by molar-refractivity contribution is 5.90. The van der Waals surface area contributed by atoms with E-state index in [1.165, 1.54) is 18.7 Å². The molecule has 0 spiro atoms. The number of furan rings is 1. The highest BCUT2D eigenvalue weighted by Gasteiger charge is 2.07. The van der Waals surface area contributed by atoms with Crippen molar-refractivity contribution < 1.29 is 14.0 Å². The number of benzene rings is 2. The first-order chi connectivity index (χ1) is 10.8. The normalized spacial score (nSPS) is 10.7. The molecule has 0 unspecified atom stereocenters. The molecule has 0 atom stereocenters. The summed E-state index contributed by atoms with van der Waals surface area (Å²) in [4.78, 5) is 16.7. The molecule has 0 bridgehead atoms. The van der Waals surface area contributed by atoms with Crippen LogP contribution in [0.15, 0.2) is 82.8 Å². The fourth-order valence-corrected chi connectivity index (χ4v) is 1.97. The van der Waals surface area contributed by atoms with E-state index in [4.69, 9.17) is 9.25 Å². The highest BCUT2D eigenvalue weighted by atomic mass is 16.7. The van der Waals surface area contributed by atoms with Crippen molar-refractivity contribution in [3.05, 3.63) is 84.3 Å². The minimum Gasteiger partial charge on any atom is -0.472 e. The van der Waals surface area contributed by atoms with E-state index < -0.39 is 5.97 Å². The molecule has 3 aromatic rings. The number of rotatable bonds is 4. The lowest BCUT2D eigenvalue weighted by atomic mass is 10.0. The summed E-state index contributed by atoms with van der Waals surface area (Å²) in [5, 5.41) is 3.64. The standard InChI is InChI=1S/C18H13NO3/c20-18(22-19-12-14-10-11-21-13-14)17-8-6-16(7-9-17)15-4-2-1-3-5-15/h1-13H/b19-12+. The van der Waals surface area contributed by atoms with Crippen LogP contribution in [0.4, 0.5) is 0 Å². The van der Waals surface area contributed by atoms with Gasteiger partial charge in [-0.05, 0) is 29.3 Å². The second kappa shape index (κ2) is 6.54. The minimum absolute atomic E-state index is 0.448. The van der Waals surface area contributed by atoms with Gasteiger partial charge in [0.25, 0.3) is 0 Å². The molecular weight excluding hydrogens is 278 g/mol. The quantitative estimate of drug-likeness (QED) is 0.412. The maximum Gasteiger partial charge on any atom is 0.365 e. The van der Waals surface area contributed by atoms with Gasteiger partial charge in [0.15, 0.2) is 0 Å². The molecular formula is C18H13NO3. The lowest BCUT2D eigenvalue weighted by molar-refractivity contribution is 0.0519. The van der Waals surface area contributed by atoms with Gasteiger partial charge in [0, 0.05) is 5.56 Å². The fourth-order valence-electron chi connectivity index (χ4n) is 1.97. The Morgan fingerprint density at radius 3 is 2.36 bits per heavy atom. The van der Waals surface area contributed by atoms with Gasteiger partial charge in [-0.3, -0.25) is 0 Å². The van der Waals surface area contributed by atoms with Crippen LogP contribution in [0.3, 0.4) is 0 Å². The molecule has 0 aliphatic heterocycles. The lowest BCUT2D eigenvalue weighted by Gasteiger charge is -2.02. The smallest absolute Gasteiger partial charge is 0.365 e. The molecule has 108 valence electrons. The molecule has 3 rings (SSSR count). The van der Waals surface area contributed by atoms with E-state index in [1.807, 2.05) is 42.5 Å². The van der Waals surface area contributed by atoms with E-state index >= 15 is 0 Å². The summed E-state index contributed by atoms with van der Waals surface area (Å²) in [6.45, 7) is 0. The molecule has 0 aliphatic rings. The number of oxime groups is 1. The molecule has 1 heterocycles. The summed E-state index contributed by atoms with van der Waals surface area (Å²) in [6.07, 6.45) is 4.44. The third-order valence-electron chi connectivity index (χ3n) is 3.11. The molecule has 0 radical (unpaired) electrons. The average Bonchev–Trinajstić information content (AvgIpc) is 3.09. The Hall–Kier alpha value is -3.14. The van der Waals surface area contributed by atoms with Gasteiger partial charge < -0.3 is 9.25 Å². The molecule has 0 N–H and O–H groups in total. The van der Waals surface area contributed by atoms with Gasteiger partial charge in [0.05, 0.1) is 24.3 Å². The van der Waals surface area contributed by atoms with Gasteiger partial charge in [0.1, 0.15) is 0 Å². The van der Waals surface area contributed by atoms with Gasteiger partial charge >= 0.3 is 5.97 Å². The minimum atomic E-state index is -0.501. The molecule has 2 aromatic carbocycles. The predicted molar refractivity (Wildman–Crippen MR) is 83.6 cm³/mol. The molecule has 1 aromatic heterocycles. The van der Waals surface area contributed by atoms with E-state index in [2.05, 4.69) is 5.16 Å². The Bertz CT molecular complexity index is 760. The largest absolute Gasteiger partial charge is 0.472 e. The summed E-state index contributed by atoms with van der Waals surface area (Å²) in [5.74, 6) is -0.501. The first kappa shape index (κ1) is 13.8. The van der Waals surface area contributed by atoms with Crippen LogP contribution in [0, 0.1) is 0 Å². The van der Waals surface area contributed by atoms with Crippen molar-refractivity contribution in [1.82, 2.24) is 0 Å². The molecule has 0 saturated heterocycles. The van der Waals surface area contributed by atoms with Gasteiger partial charge in [-0.15, -0.1) is 0 Å². The highest BCUT2D eigenvalue weighted by Crippen LogP contribution is 2.19. The monoisotopic (exact) mass is 291 g/mol. The first-order valence-electron chi connectivity index (χ1n) is 6.75. The first-order valence-corrected chi connectivity index (χ1v) is 6.75. The Kier molecular flexibility index (Phi) is 4.11. The van der Waals surface area contributed by atoms with Crippen LogP contribution in [-0.2, 0) is 4.84 Å². The zero-order valence-corrected chi connectivity index (χ0v) is 11.7. The number of carbonyl (C=O) groups excluding carboxylic acids is 1. The van der Waals surface area contributed by atoms with E-state index in [0.29, 0.717) is 5.56 Å². The van der Waals surface area contributed by atoms with Crippen molar-refractivity contribution in [2.75, 3.05) is 0 Å². The maximum atomic E-state index is 11.9. The van der Waals surface area contributed by atoms with Crippen LogP contribution in [0.2, 0.25) is 0 Å². The Morgan fingerprint density at radius 2 is 1.68 bits per heavy atom. The summed E-state index contributed by atoms with van der Waals surface area (Å²) in [6, 6.07) is 18.9. The van der Waals surface area contributed by atoms with Gasteiger partial charge in [-0.2, -0.15) is 0 Å². The van der Waals surface area contributed by atoms with Crippen LogP contribution in [0.25, 0.3) is 11.1 Å². The lowest BCUT2D eigenvalue weighted by Crippen LogP contribution is -2.00. The van der Waals surface area contributed by atoms with Gasteiger partial charge in [-0.25, -0.2) is 4.79 Å². The van der Waals surface area contributed by atoms with Crippen molar-refractivity contribution in [3.8, 4) is 11.1 Å². The number of nitrogens with zero attached hydrogens (tertiary/aromatic N) is 1. The van der Waals surface area contributed by atoms with Crippen molar-refractivity contribution in [2.24, 2.45) is 5.16 Å². The van der Waals surface area contributed by atoms with Crippen molar-refractivity contribution in [3.63, 3.8) is 0 Å². The maximum absolute atomic E-state index is 11.9. The zero-order chi connectivity index (χ0) is 15.2. The van der Waals surface area contributed by atoms with E-state index in [1.54, 1.807) is 18.2 Å². The third-order valence-corrected chi connectivity index (χ3v) is 3.11. The summed E-state index contributed by atoms with van der Waals surface area (Å²) in [7, 11) is 0. The van der Waals surface area contributed by atoms with Crippen molar-refractivity contribution in [2.45, 2.75) is 0 Å². The molecule has 0 amide bonds. The topological polar surface area (TPSA) is 51.8 Å². The van der Waals surface area contributed by atoms with Crippen molar-refractivity contribution >= 4 is 12.2 Å². The molecule has 0 aliphatic carbocycles. The second-order valence-corrected chi connectivity index (χ2v) is 4.61. The Balaban J connectivity index is 1.66. The molecule has 4 nitrogen and oxygen atoms in total. The molecule has 0 saturated carbocycles. The van der Waals surface area contributed by atoms with Crippen LogP contribution in [-0.4, -0.2) is 12.2 Å². The number of hydrogen-bond acceptors (Lipinski definition) is 4. The van der Waals surface area contributed by atoms with E-state index in [9.17, 15) is 4.79 Å². The predicted octanol–water partition coefficient (Wildman–Crippen LogP) is 4.14. The number of carbonyl (C=O) groups is 1. The fraction of sp³-hybridized carbons (Fsp3) is 0.